The molecule has 3 aromatic carbocycles. The number of H-pyrrole nitrogens is 1. The summed E-state index contributed by atoms with van der Waals surface area (Å²) in [6.07, 6.45) is 1.53. The van der Waals surface area contributed by atoms with Crippen LogP contribution in [-0.2, 0) is 26.1 Å². The predicted molar refractivity (Wildman–Crippen MR) is 151 cm³/mol. The second-order valence-electron chi connectivity index (χ2n) is 10.1. The fourth-order valence-electron chi connectivity index (χ4n) is 5.26. The Balaban J connectivity index is 1.49. The molecule has 0 radical (unpaired) electrons. The molecule has 0 aliphatic carbocycles. The first kappa shape index (κ1) is 26.4. The molecule has 1 atom stereocenters. The molecule has 0 aliphatic heterocycles. The van der Waals surface area contributed by atoms with Crippen LogP contribution in [0.1, 0.15) is 53.0 Å². The lowest BCUT2D eigenvalue weighted by molar-refractivity contribution is 0.160. The molecule has 7 nitrogen and oxygen atoms in total. The third kappa shape index (κ3) is 6.12. The van der Waals surface area contributed by atoms with E-state index in [-0.39, 0.29) is 17.4 Å². The molecule has 0 unspecified atom stereocenters. The van der Waals surface area contributed by atoms with E-state index in [9.17, 15) is 9.18 Å². The molecule has 0 spiro atoms. The van der Waals surface area contributed by atoms with Gasteiger partial charge in [-0.15, -0.1) is 5.10 Å². The van der Waals surface area contributed by atoms with Gasteiger partial charge in [-0.05, 0) is 83.5 Å². The van der Waals surface area contributed by atoms with Crippen LogP contribution in [-0.4, -0.2) is 30.1 Å². The highest BCUT2D eigenvalue weighted by atomic mass is 19.1. The third-order valence-electron chi connectivity index (χ3n) is 7.18. The summed E-state index contributed by atoms with van der Waals surface area (Å²) in [5, 5.41) is 13.7. The number of fused-ring (bicyclic) bond motifs is 1. The summed E-state index contributed by atoms with van der Waals surface area (Å²) in [5.41, 5.74) is 5.75. The van der Waals surface area contributed by atoms with Crippen LogP contribution in [0.2, 0.25) is 0 Å². The van der Waals surface area contributed by atoms with Crippen molar-refractivity contribution in [1.29, 1.82) is 0 Å². The normalized spacial score (nSPS) is 12.3. The Morgan fingerprint density at radius 1 is 0.974 bits per heavy atom. The van der Waals surface area contributed by atoms with Crippen LogP contribution >= 0.6 is 0 Å². The second-order valence-corrected chi connectivity index (χ2v) is 10.1. The quantitative estimate of drug-likeness (QED) is 0.255. The summed E-state index contributed by atoms with van der Waals surface area (Å²) in [6.45, 7) is 7.70. The van der Waals surface area contributed by atoms with E-state index in [0.29, 0.717) is 25.2 Å². The average Bonchev–Trinajstić information content (AvgIpc) is 3.39. The van der Waals surface area contributed by atoms with Gasteiger partial charge in [0.2, 0.25) is 0 Å². The maximum Gasteiger partial charge on any atom is 0.252 e. The number of rotatable bonds is 10. The Labute approximate surface area is 227 Å². The Kier molecular flexibility index (Phi) is 7.93. The summed E-state index contributed by atoms with van der Waals surface area (Å²) in [7, 11) is 0. The van der Waals surface area contributed by atoms with E-state index in [0.717, 1.165) is 46.3 Å². The summed E-state index contributed by atoms with van der Waals surface area (Å²) in [5.74, 6) is 0.471. The number of pyridine rings is 1. The average molecular weight is 525 g/mol. The molecule has 1 N–H and O–H groups in total. The molecule has 0 saturated heterocycles. The van der Waals surface area contributed by atoms with Gasteiger partial charge in [0.25, 0.3) is 5.56 Å². The first-order chi connectivity index (χ1) is 18.9. The van der Waals surface area contributed by atoms with Gasteiger partial charge in [-0.3, -0.25) is 9.69 Å². The maximum atomic E-state index is 13.7. The van der Waals surface area contributed by atoms with Crippen molar-refractivity contribution in [2.24, 2.45) is 0 Å². The molecule has 0 fully saturated rings. The van der Waals surface area contributed by atoms with Crippen LogP contribution in [0.3, 0.4) is 0 Å². The number of hydrogen-bond acceptors (Lipinski definition) is 5. The van der Waals surface area contributed by atoms with Crippen molar-refractivity contribution in [3.05, 3.63) is 123 Å². The van der Waals surface area contributed by atoms with Crippen molar-refractivity contribution in [3.8, 4) is 0 Å². The summed E-state index contributed by atoms with van der Waals surface area (Å²) >= 11 is 0. The Hall–Kier alpha value is -4.17. The molecule has 0 aliphatic rings. The minimum Gasteiger partial charge on any atom is -0.321 e. The summed E-state index contributed by atoms with van der Waals surface area (Å²) in [4.78, 5) is 18.5. The molecule has 0 saturated carbocycles. The van der Waals surface area contributed by atoms with Gasteiger partial charge in [-0.2, -0.15) is 0 Å². The van der Waals surface area contributed by atoms with Crippen molar-refractivity contribution in [3.63, 3.8) is 0 Å². The van der Waals surface area contributed by atoms with Gasteiger partial charge in [0, 0.05) is 25.2 Å². The predicted octanol–water partition coefficient (Wildman–Crippen LogP) is 5.67. The lowest BCUT2D eigenvalue weighted by Crippen LogP contribution is -2.32. The SMILES string of the molecule is CC[C@H](c1nnnn1CCc1ccccc1)N(Cc1ccc(F)cc1)Cc1cc2cc(C)cc(C)c2[nH]c1=O. The standard InChI is InChI=1S/C31H33FN6O/c1-4-28(30-34-35-36-38(30)15-14-23-8-6-5-7-9-23)37(19-24-10-12-27(32)13-11-24)20-26-18-25-17-21(2)16-22(3)29(25)33-31(26)39/h5-13,16-18,28H,4,14-15,19-20H2,1-3H3,(H,33,39)/t28-/m1/s1. The van der Waals surface area contributed by atoms with Crippen molar-refractivity contribution < 1.29 is 4.39 Å². The minimum atomic E-state index is -0.279. The minimum absolute atomic E-state index is 0.114. The number of benzene rings is 3. The lowest BCUT2D eigenvalue weighted by atomic mass is 10.0. The van der Waals surface area contributed by atoms with Gasteiger partial charge >= 0.3 is 0 Å². The number of hydrogen-bond donors (Lipinski definition) is 1. The number of aryl methyl sites for hydroxylation is 4. The van der Waals surface area contributed by atoms with E-state index in [2.05, 4.69) is 63.5 Å². The Morgan fingerprint density at radius 2 is 1.74 bits per heavy atom. The highest BCUT2D eigenvalue weighted by molar-refractivity contribution is 5.82. The van der Waals surface area contributed by atoms with Gasteiger partial charge < -0.3 is 4.98 Å². The van der Waals surface area contributed by atoms with Crippen molar-refractivity contribution in [2.75, 3.05) is 0 Å². The molecule has 5 aromatic rings. The third-order valence-corrected chi connectivity index (χ3v) is 7.18. The van der Waals surface area contributed by atoms with Crippen LogP contribution in [0.25, 0.3) is 10.9 Å². The fraction of sp³-hybridized carbons (Fsp3) is 0.290. The van der Waals surface area contributed by atoms with Gasteiger partial charge in [0.15, 0.2) is 5.82 Å². The Bertz CT molecular complexity index is 1610. The number of nitrogens with one attached hydrogen (secondary N) is 1. The van der Waals surface area contributed by atoms with E-state index < -0.39 is 0 Å². The van der Waals surface area contributed by atoms with Crippen LogP contribution in [0.4, 0.5) is 4.39 Å². The first-order valence-electron chi connectivity index (χ1n) is 13.3. The zero-order valence-electron chi connectivity index (χ0n) is 22.6. The molecular weight excluding hydrogens is 491 g/mol. The molecule has 200 valence electrons. The van der Waals surface area contributed by atoms with Gasteiger partial charge in [0.1, 0.15) is 5.82 Å². The number of halogens is 1. The van der Waals surface area contributed by atoms with Crippen molar-refractivity contribution >= 4 is 10.9 Å². The van der Waals surface area contributed by atoms with Crippen molar-refractivity contribution in [2.45, 2.75) is 59.3 Å². The molecule has 0 amide bonds. The maximum absolute atomic E-state index is 13.7. The second kappa shape index (κ2) is 11.7. The topological polar surface area (TPSA) is 79.7 Å². The smallest absolute Gasteiger partial charge is 0.252 e. The summed E-state index contributed by atoms with van der Waals surface area (Å²) < 4.78 is 15.5. The van der Waals surface area contributed by atoms with Gasteiger partial charge in [-0.1, -0.05) is 61.0 Å². The number of nitrogens with zero attached hydrogens (tertiary/aromatic N) is 5. The van der Waals surface area contributed by atoms with Crippen molar-refractivity contribution in [1.82, 2.24) is 30.1 Å². The van der Waals surface area contributed by atoms with Gasteiger partial charge in [-0.25, -0.2) is 9.07 Å². The van der Waals surface area contributed by atoms with E-state index in [4.69, 9.17) is 0 Å². The molecule has 2 aromatic heterocycles. The van der Waals surface area contributed by atoms with Gasteiger partial charge in [0.05, 0.1) is 11.6 Å². The van der Waals surface area contributed by atoms with E-state index in [1.54, 1.807) is 12.1 Å². The zero-order valence-corrected chi connectivity index (χ0v) is 22.6. The van der Waals surface area contributed by atoms with Crippen LogP contribution in [0, 0.1) is 19.7 Å². The lowest BCUT2D eigenvalue weighted by Gasteiger charge is -2.30. The largest absolute Gasteiger partial charge is 0.321 e. The van der Waals surface area contributed by atoms with E-state index in [1.807, 2.05) is 35.9 Å². The number of tetrazole rings is 1. The highest BCUT2D eigenvalue weighted by Gasteiger charge is 2.26. The molecular formula is C31H33FN6O. The van der Waals surface area contributed by atoms with Crippen LogP contribution in [0.15, 0.2) is 77.6 Å². The molecule has 5 rings (SSSR count). The zero-order chi connectivity index (χ0) is 27.4. The number of aromatic amines is 1. The monoisotopic (exact) mass is 524 g/mol. The van der Waals surface area contributed by atoms with E-state index in [1.165, 1.54) is 17.7 Å². The molecule has 8 heteroatoms. The van der Waals surface area contributed by atoms with Crippen LogP contribution in [0.5, 0.6) is 0 Å². The molecule has 39 heavy (non-hydrogen) atoms. The van der Waals surface area contributed by atoms with E-state index >= 15 is 0 Å². The highest BCUT2D eigenvalue weighted by Crippen LogP contribution is 2.27. The Morgan fingerprint density at radius 3 is 2.49 bits per heavy atom. The molecule has 0 bridgehead atoms. The summed E-state index contributed by atoms with van der Waals surface area (Å²) in [6, 6.07) is 22.7. The molecule has 2 heterocycles. The fourth-order valence-corrected chi connectivity index (χ4v) is 5.26. The number of aromatic nitrogens is 5. The first-order valence-corrected chi connectivity index (χ1v) is 13.3. The van der Waals surface area contributed by atoms with Crippen LogP contribution < -0.4 is 5.56 Å².